The first kappa shape index (κ1) is 8.57. The molecule has 0 aliphatic heterocycles. The van der Waals surface area contributed by atoms with Crippen molar-refractivity contribution in [3.8, 4) is 6.07 Å². The monoisotopic (exact) mass is 186 g/mol. The molecule has 0 fully saturated rings. The first-order valence-corrected chi connectivity index (χ1v) is 4.32. The molecule has 0 radical (unpaired) electrons. The quantitative estimate of drug-likeness (QED) is 0.723. The summed E-state index contributed by atoms with van der Waals surface area (Å²) in [6, 6.07) is 7.99. The van der Waals surface area contributed by atoms with Crippen LogP contribution in [-0.4, -0.2) is 23.6 Å². The molecule has 0 amide bonds. The van der Waals surface area contributed by atoms with Gasteiger partial charge in [-0.25, -0.2) is 4.98 Å². The number of nitriles is 1. The SMILES string of the molecule is CN(CC#N)c1ccc2nc[nH]c2c1. The number of rotatable bonds is 2. The standard InChI is InChI=1S/C10H10N4/c1-14(5-4-11)8-2-3-9-10(6-8)13-7-12-9/h2-3,6-7H,5H2,1H3,(H,12,13). The number of anilines is 1. The molecule has 4 heteroatoms. The van der Waals surface area contributed by atoms with Crippen molar-refractivity contribution in [1.29, 1.82) is 5.26 Å². The Morgan fingerprint density at radius 1 is 1.57 bits per heavy atom. The maximum Gasteiger partial charge on any atom is 0.105 e. The predicted octanol–water partition coefficient (Wildman–Crippen LogP) is 1.52. The van der Waals surface area contributed by atoms with Gasteiger partial charge in [-0.05, 0) is 18.2 Å². The maximum absolute atomic E-state index is 8.56. The van der Waals surface area contributed by atoms with Gasteiger partial charge in [0.25, 0.3) is 0 Å². The third-order valence-corrected chi connectivity index (χ3v) is 2.15. The molecule has 1 aromatic heterocycles. The van der Waals surface area contributed by atoms with E-state index in [9.17, 15) is 0 Å². The number of nitrogens with zero attached hydrogens (tertiary/aromatic N) is 3. The second kappa shape index (κ2) is 3.38. The van der Waals surface area contributed by atoms with Crippen molar-refractivity contribution in [3.05, 3.63) is 24.5 Å². The Morgan fingerprint density at radius 3 is 3.21 bits per heavy atom. The molecule has 14 heavy (non-hydrogen) atoms. The normalized spacial score (nSPS) is 10.0. The molecule has 0 spiro atoms. The van der Waals surface area contributed by atoms with Gasteiger partial charge in [0.15, 0.2) is 0 Å². The van der Waals surface area contributed by atoms with Gasteiger partial charge >= 0.3 is 0 Å². The van der Waals surface area contributed by atoms with Gasteiger partial charge in [-0.3, -0.25) is 0 Å². The number of H-pyrrole nitrogens is 1. The minimum absolute atomic E-state index is 0.389. The molecular weight excluding hydrogens is 176 g/mol. The third-order valence-electron chi connectivity index (χ3n) is 2.15. The molecule has 2 rings (SSSR count). The zero-order valence-electron chi connectivity index (χ0n) is 7.86. The van der Waals surface area contributed by atoms with Gasteiger partial charge < -0.3 is 9.88 Å². The summed E-state index contributed by atoms with van der Waals surface area (Å²) in [7, 11) is 1.89. The lowest BCUT2D eigenvalue weighted by molar-refractivity contribution is 1.04. The maximum atomic E-state index is 8.56. The molecule has 1 aromatic carbocycles. The van der Waals surface area contributed by atoms with Gasteiger partial charge in [0.2, 0.25) is 0 Å². The summed E-state index contributed by atoms with van der Waals surface area (Å²) in [5, 5.41) is 8.56. The van der Waals surface area contributed by atoms with E-state index in [2.05, 4.69) is 16.0 Å². The highest BCUT2D eigenvalue weighted by atomic mass is 15.1. The molecule has 1 heterocycles. The smallest absolute Gasteiger partial charge is 0.105 e. The van der Waals surface area contributed by atoms with Gasteiger partial charge in [-0.2, -0.15) is 5.26 Å². The summed E-state index contributed by atoms with van der Waals surface area (Å²) < 4.78 is 0. The van der Waals surface area contributed by atoms with Crippen LogP contribution < -0.4 is 4.90 Å². The van der Waals surface area contributed by atoms with Gasteiger partial charge in [-0.1, -0.05) is 0 Å². The number of nitrogens with one attached hydrogen (secondary N) is 1. The summed E-state index contributed by atoms with van der Waals surface area (Å²) in [5.41, 5.74) is 2.95. The number of fused-ring (bicyclic) bond motifs is 1. The number of imidazole rings is 1. The molecule has 1 N–H and O–H groups in total. The molecule has 0 aliphatic carbocycles. The fourth-order valence-electron chi connectivity index (χ4n) is 1.36. The topological polar surface area (TPSA) is 55.7 Å². The van der Waals surface area contributed by atoms with Gasteiger partial charge in [0, 0.05) is 12.7 Å². The van der Waals surface area contributed by atoms with Crippen molar-refractivity contribution < 1.29 is 0 Å². The molecule has 0 atom stereocenters. The van der Waals surface area contributed by atoms with Crippen LogP contribution >= 0.6 is 0 Å². The highest BCUT2D eigenvalue weighted by molar-refractivity contribution is 5.79. The summed E-state index contributed by atoms with van der Waals surface area (Å²) in [6.07, 6.45) is 1.67. The molecule has 4 nitrogen and oxygen atoms in total. The summed E-state index contributed by atoms with van der Waals surface area (Å²) >= 11 is 0. The number of aromatic amines is 1. The summed E-state index contributed by atoms with van der Waals surface area (Å²) in [6.45, 7) is 0.389. The summed E-state index contributed by atoms with van der Waals surface area (Å²) in [4.78, 5) is 9.05. The Labute approximate surface area is 81.8 Å². The molecule has 0 unspecified atom stereocenters. The fourth-order valence-corrected chi connectivity index (χ4v) is 1.36. The first-order chi connectivity index (χ1) is 6.81. The number of hydrogen-bond donors (Lipinski definition) is 1. The minimum atomic E-state index is 0.389. The molecular formula is C10H10N4. The second-order valence-electron chi connectivity index (χ2n) is 3.12. The highest BCUT2D eigenvalue weighted by Gasteiger charge is 2.01. The van der Waals surface area contributed by atoms with Gasteiger partial charge in [0.05, 0.1) is 23.4 Å². The van der Waals surface area contributed by atoms with E-state index in [1.165, 1.54) is 0 Å². The predicted molar refractivity (Wildman–Crippen MR) is 55.0 cm³/mol. The van der Waals surface area contributed by atoms with E-state index >= 15 is 0 Å². The van der Waals surface area contributed by atoms with Crippen LogP contribution in [0.25, 0.3) is 11.0 Å². The number of hydrogen-bond acceptors (Lipinski definition) is 3. The Bertz CT molecular complexity index is 480. The minimum Gasteiger partial charge on any atom is -0.361 e. The van der Waals surface area contributed by atoms with Crippen molar-refractivity contribution in [2.75, 3.05) is 18.5 Å². The Hall–Kier alpha value is -2.02. The lowest BCUT2D eigenvalue weighted by Crippen LogP contribution is -2.16. The van der Waals surface area contributed by atoms with E-state index in [1.807, 2.05) is 30.1 Å². The Morgan fingerprint density at radius 2 is 2.43 bits per heavy atom. The lowest BCUT2D eigenvalue weighted by Gasteiger charge is -2.14. The van der Waals surface area contributed by atoms with E-state index in [-0.39, 0.29) is 0 Å². The third kappa shape index (κ3) is 1.40. The van der Waals surface area contributed by atoms with Crippen LogP contribution in [0.3, 0.4) is 0 Å². The average molecular weight is 186 g/mol. The van der Waals surface area contributed by atoms with Gasteiger partial charge in [0.1, 0.15) is 6.54 Å². The van der Waals surface area contributed by atoms with Crippen LogP contribution in [0, 0.1) is 11.3 Å². The molecule has 70 valence electrons. The average Bonchev–Trinajstić information content (AvgIpc) is 2.64. The number of aromatic nitrogens is 2. The van der Waals surface area contributed by atoms with Crippen molar-refractivity contribution >= 4 is 16.7 Å². The second-order valence-corrected chi connectivity index (χ2v) is 3.12. The molecule has 0 saturated heterocycles. The zero-order valence-corrected chi connectivity index (χ0v) is 7.86. The Balaban J connectivity index is 2.39. The van der Waals surface area contributed by atoms with Crippen LogP contribution in [0.4, 0.5) is 5.69 Å². The van der Waals surface area contributed by atoms with Crippen LogP contribution in [0.1, 0.15) is 0 Å². The van der Waals surface area contributed by atoms with Crippen molar-refractivity contribution in [2.24, 2.45) is 0 Å². The van der Waals surface area contributed by atoms with E-state index in [0.29, 0.717) is 6.54 Å². The van der Waals surface area contributed by atoms with Crippen LogP contribution in [0.5, 0.6) is 0 Å². The van der Waals surface area contributed by atoms with E-state index < -0.39 is 0 Å². The van der Waals surface area contributed by atoms with Gasteiger partial charge in [-0.15, -0.1) is 0 Å². The summed E-state index contributed by atoms with van der Waals surface area (Å²) in [5.74, 6) is 0. The fraction of sp³-hybridized carbons (Fsp3) is 0.200. The van der Waals surface area contributed by atoms with E-state index in [4.69, 9.17) is 5.26 Å². The highest BCUT2D eigenvalue weighted by Crippen LogP contribution is 2.18. The molecule has 0 aliphatic rings. The first-order valence-electron chi connectivity index (χ1n) is 4.32. The molecule has 0 saturated carbocycles. The largest absolute Gasteiger partial charge is 0.361 e. The zero-order chi connectivity index (χ0) is 9.97. The van der Waals surface area contributed by atoms with Crippen LogP contribution in [0.15, 0.2) is 24.5 Å². The lowest BCUT2D eigenvalue weighted by atomic mass is 10.2. The van der Waals surface area contributed by atoms with Crippen LogP contribution in [-0.2, 0) is 0 Å². The van der Waals surface area contributed by atoms with Crippen molar-refractivity contribution in [2.45, 2.75) is 0 Å². The van der Waals surface area contributed by atoms with Crippen molar-refractivity contribution in [1.82, 2.24) is 9.97 Å². The van der Waals surface area contributed by atoms with Crippen molar-refractivity contribution in [3.63, 3.8) is 0 Å². The van der Waals surface area contributed by atoms with Crippen LogP contribution in [0.2, 0.25) is 0 Å². The van der Waals surface area contributed by atoms with E-state index in [1.54, 1.807) is 6.33 Å². The van der Waals surface area contributed by atoms with E-state index in [0.717, 1.165) is 16.7 Å². The Kier molecular flexibility index (Phi) is 2.07. The molecule has 2 aromatic rings. The molecule has 0 bridgehead atoms. The number of benzene rings is 1.